The monoisotopic (exact) mass is 284 g/mol. The van der Waals surface area contributed by atoms with Gasteiger partial charge in [0.1, 0.15) is 6.04 Å². The standard InChI is InChI=1S/C16H16N2O3/c1-11(19)18-15(16(20)21)9-12-4-6-13(7-5-12)14-3-2-8-17-10-14/h2-8,10,15H,9H2,1H3,(H,18,19)(H,20,21). The number of nitrogens with one attached hydrogen (secondary N) is 1. The van der Waals surface area contributed by atoms with Crippen molar-refractivity contribution in [3.63, 3.8) is 0 Å². The fraction of sp³-hybridized carbons (Fsp3) is 0.188. The van der Waals surface area contributed by atoms with Crippen molar-refractivity contribution < 1.29 is 14.7 Å². The Kier molecular flexibility index (Phi) is 4.66. The van der Waals surface area contributed by atoms with Crippen molar-refractivity contribution in [2.75, 3.05) is 0 Å². The van der Waals surface area contributed by atoms with Gasteiger partial charge in [0.15, 0.2) is 0 Å². The maximum Gasteiger partial charge on any atom is 0.326 e. The van der Waals surface area contributed by atoms with E-state index in [4.69, 9.17) is 5.11 Å². The minimum atomic E-state index is -1.04. The predicted octanol–water partition coefficient (Wildman–Crippen LogP) is 1.88. The molecule has 0 spiro atoms. The fourth-order valence-corrected chi connectivity index (χ4v) is 2.05. The number of nitrogens with zero attached hydrogens (tertiary/aromatic N) is 1. The second-order valence-corrected chi connectivity index (χ2v) is 4.73. The van der Waals surface area contributed by atoms with Gasteiger partial charge in [-0.05, 0) is 22.8 Å². The van der Waals surface area contributed by atoms with Crippen molar-refractivity contribution >= 4 is 11.9 Å². The number of aliphatic carboxylic acids is 1. The highest BCUT2D eigenvalue weighted by Crippen LogP contribution is 2.18. The van der Waals surface area contributed by atoms with Crippen LogP contribution in [0.2, 0.25) is 0 Å². The van der Waals surface area contributed by atoms with E-state index in [1.165, 1.54) is 6.92 Å². The summed E-state index contributed by atoms with van der Waals surface area (Å²) in [6.45, 7) is 1.31. The van der Waals surface area contributed by atoms with Gasteiger partial charge in [-0.1, -0.05) is 30.3 Å². The van der Waals surface area contributed by atoms with E-state index in [9.17, 15) is 9.59 Å². The van der Waals surface area contributed by atoms with Gasteiger partial charge in [-0.15, -0.1) is 0 Å². The molecule has 108 valence electrons. The van der Waals surface area contributed by atoms with Crippen molar-refractivity contribution in [1.29, 1.82) is 0 Å². The summed E-state index contributed by atoms with van der Waals surface area (Å²) < 4.78 is 0. The summed E-state index contributed by atoms with van der Waals surface area (Å²) in [4.78, 5) is 26.2. The minimum Gasteiger partial charge on any atom is -0.480 e. The normalized spacial score (nSPS) is 11.7. The molecule has 0 aliphatic carbocycles. The lowest BCUT2D eigenvalue weighted by molar-refractivity contribution is -0.141. The Morgan fingerprint density at radius 1 is 1.19 bits per heavy atom. The third-order valence-corrected chi connectivity index (χ3v) is 3.06. The summed E-state index contributed by atoms with van der Waals surface area (Å²) >= 11 is 0. The molecule has 0 saturated carbocycles. The van der Waals surface area contributed by atoms with Gasteiger partial charge < -0.3 is 10.4 Å². The van der Waals surface area contributed by atoms with E-state index in [0.717, 1.165) is 16.7 Å². The SMILES string of the molecule is CC(=O)NC(Cc1ccc(-c2cccnc2)cc1)C(=O)O. The number of benzene rings is 1. The molecule has 0 aliphatic rings. The smallest absolute Gasteiger partial charge is 0.326 e. The first-order valence-electron chi connectivity index (χ1n) is 6.55. The summed E-state index contributed by atoms with van der Waals surface area (Å²) in [6, 6.07) is 10.5. The van der Waals surface area contributed by atoms with E-state index < -0.39 is 12.0 Å². The number of pyridine rings is 1. The van der Waals surface area contributed by atoms with Crippen LogP contribution in [0.1, 0.15) is 12.5 Å². The number of carbonyl (C=O) groups excluding carboxylic acids is 1. The van der Waals surface area contributed by atoms with E-state index in [2.05, 4.69) is 10.3 Å². The second kappa shape index (κ2) is 6.65. The summed E-state index contributed by atoms with van der Waals surface area (Å²) in [5.41, 5.74) is 2.86. The molecule has 5 nitrogen and oxygen atoms in total. The zero-order chi connectivity index (χ0) is 15.2. The largest absolute Gasteiger partial charge is 0.480 e. The molecule has 2 N–H and O–H groups in total. The highest BCUT2D eigenvalue weighted by Gasteiger charge is 2.18. The van der Waals surface area contributed by atoms with E-state index in [1.54, 1.807) is 12.4 Å². The number of hydrogen-bond donors (Lipinski definition) is 2. The Bertz CT molecular complexity index is 624. The van der Waals surface area contributed by atoms with Crippen LogP contribution in [0.4, 0.5) is 0 Å². The Morgan fingerprint density at radius 3 is 2.43 bits per heavy atom. The molecular weight excluding hydrogens is 268 g/mol. The van der Waals surface area contributed by atoms with Crippen LogP contribution in [0, 0.1) is 0 Å². The van der Waals surface area contributed by atoms with Gasteiger partial charge in [0.05, 0.1) is 0 Å². The van der Waals surface area contributed by atoms with E-state index >= 15 is 0 Å². The number of hydrogen-bond acceptors (Lipinski definition) is 3. The topological polar surface area (TPSA) is 79.3 Å². The molecule has 0 bridgehead atoms. The van der Waals surface area contributed by atoms with Gasteiger partial charge in [-0.3, -0.25) is 9.78 Å². The zero-order valence-electron chi connectivity index (χ0n) is 11.6. The first kappa shape index (κ1) is 14.7. The lowest BCUT2D eigenvalue weighted by atomic mass is 10.0. The predicted molar refractivity (Wildman–Crippen MR) is 78.6 cm³/mol. The number of rotatable bonds is 5. The lowest BCUT2D eigenvalue weighted by Crippen LogP contribution is -2.41. The molecule has 5 heteroatoms. The summed E-state index contributed by atoms with van der Waals surface area (Å²) in [5.74, 6) is -1.39. The quantitative estimate of drug-likeness (QED) is 0.878. The Labute approximate surface area is 122 Å². The molecule has 0 radical (unpaired) electrons. The molecule has 2 rings (SSSR count). The molecule has 0 saturated heterocycles. The second-order valence-electron chi connectivity index (χ2n) is 4.73. The Balaban J connectivity index is 2.11. The molecule has 1 atom stereocenters. The summed E-state index contributed by atoms with van der Waals surface area (Å²) in [7, 11) is 0. The van der Waals surface area contributed by atoms with Crippen molar-refractivity contribution in [1.82, 2.24) is 10.3 Å². The van der Waals surface area contributed by atoms with Crippen LogP contribution in [-0.4, -0.2) is 28.0 Å². The van der Waals surface area contributed by atoms with Crippen molar-refractivity contribution in [3.05, 3.63) is 54.4 Å². The molecular formula is C16H16N2O3. The Morgan fingerprint density at radius 2 is 1.90 bits per heavy atom. The highest BCUT2D eigenvalue weighted by atomic mass is 16.4. The van der Waals surface area contributed by atoms with E-state index in [-0.39, 0.29) is 12.3 Å². The van der Waals surface area contributed by atoms with Crippen LogP contribution in [0.25, 0.3) is 11.1 Å². The first-order chi connectivity index (χ1) is 10.1. The number of amides is 1. The van der Waals surface area contributed by atoms with Gasteiger partial charge in [0.2, 0.25) is 5.91 Å². The van der Waals surface area contributed by atoms with Crippen molar-refractivity contribution in [2.24, 2.45) is 0 Å². The summed E-state index contributed by atoms with van der Waals surface area (Å²) in [5, 5.41) is 11.5. The zero-order valence-corrected chi connectivity index (χ0v) is 11.6. The van der Waals surface area contributed by atoms with Crippen LogP contribution in [0.15, 0.2) is 48.8 Å². The van der Waals surface area contributed by atoms with Crippen molar-refractivity contribution in [3.8, 4) is 11.1 Å². The van der Waals surface area contributed by atoms with Crippen LogP contribution < -0.4 is 5.32 Å². The van der Waals surface area contributed by atoms with Crippen LogP contribution >= 0.6 is 0 Å². The van der Waals surface area contributed by atoms with E-state index in [1.807, 2.05) is 36.4 Å². The number of carbonyl (C=O) groups is 2. The third-order valence-electron chi connectivity index (χ3n) is 3.06. The first-order valence-corrected chi connectivity index (χ1v) is 6.55. The Hall–Kier alpha value is -2.69. The third kappa shape index (κ3) is 4.14. The molecule has 1 heterocycles. The van der Waals surface area contributed by atoms with Gasteiger partial charge in [-0.25, -0.2) is 4.79 Å². The van der Waals surface area contributed by atoms with E-state index in [0.29, 0.717) is 0 Å². The van der Waals surface area contributed by atoms with Gasteiger partial charge in [0.25, 0.3) is 0 Å². The maximum absolute atomic E-state index is 11.1. The molecule has 0 aliphatic heterocycles. The van der Waals surface area contributed by atoms with Crippen LogP contribution in [0.3, 0.4) is 0 Å². The number of carboxylic acids is 1. The van der Waals surface area contributed by atoms with Crippen LogP contribution in [-0.2, 0) is 16.0 Å². The lowest BCUT2D eigenvalue weighted by Gasteiger charge is -2.13. The molecule has 1 aromatic carbocycles. The van der Waals surface area contributed by atoms with Gasteiger partial charge >= 0.3 is 5.97 Å². The average molecular weight is 284 g/mol. The van der Waals surface area contributed by atoms with Gasteiger partial charge in [-0.2, -0.15) is 0 Å². The fourth-order valence-electron chi connectivity index (χ4n) is 2.05. The number of aromatic nitrogens is 1. The maximum atomic E-state index is 11.1. The summed E-state index contributed by atoms with van der Waals surface area (Å²) in [6.07, 6.45) is 3.73. The molecule has 21 heavy (non-hydrogen) atoms. The number of carboxylic acid groups (broad SMARTS) is 1. The molecule has 1 aromatic heterocycles. The molecule has 0 fully saturated rings. The molecule has 1 amide bonds. The molecule has 2 aromatic rings. The highest BCUT2D eigenvalue weighted by molar-refractivity contribution is 5.82. The van der Waals surface area contributed by atoms with Gasteiger partial charge in [0, 0.05) is 25.7 Å². The average Bonchev–Trinajstić information content (AvgIpc) is 2.48. The van der Waals surface area contributed by atoms with Crippen molar-refractivity contribution in [2.45, 2.75) is 19.4 Å². The minimum absolute atomic E-state index is 0.252. The molecule has 1 unspecified atom stereocenters. The van der Waals surface area contributed by atoms with Crippen LogP contribution in [0.5, 0.6) is 0 Å².